The third-order valence-corrected chi connectivity index (χ3v) is 1.79. The Labute approximate surface area is 68.0 Å². The number of aromatic nitrogens is 2. The van der Waals surface area contributed by atoms with E-state index in [-0.39, 0.29) is 0 Å². The molecule has 0 saturated carbocycles. The summed E-state index contributed by atoms with van der Waals surface area (Å²) in [5.41, 5.74) is 5.79. The third-order valence-electron chi connectivity index (χ3n) is 0.929. The van der Waals surface area contributed by atoms with Gasteiger partial charge in [-0.3, -0.25) is 0 Å². The number of hydrogen-bond acceptors (Lipinski definition) is 4. The molecule has 0 fully saturated rings. The summed E-state index contributed by atoms with van der Waals surface area (Å²) in [7, 11) is 0. The molecule has 0 bridgehead atoms. The van der Waals surface area contributed by atoms with Crippen molar-refractivity contribution in [1.82, 2.24) is 9.97 Å². The number of rotatable bonds is 1. The monoisotopic (exact) mass is 175 g/mol. The fourth-order valence-electron chi connectivity index (χ4n) is 0.454. The van der Waals surface area contributed by atoms with Gasteiger partial charge >= 0.3 is 0 Å². The lowest BCUT2D eigenvalue weighted by molar-refractivity contribution is 0.975. The van der Waals surface area contributed by atoms with Gasteiger partial charge in [0.1, 0.15) is 0 Å². The summed E-state index contributed by atoms with van der Waals surface area (Å²) >= 11 is 7.03. The van der Waals surface area contributed by atoms with Crippen molar-refractivity contribution in [2.45, 2.75) is 5.16 Å². The zero-order valence-electron chi connectivity index (χ0n) is 5.34. The van der Waals surface area contributed by atoms with Crippen LogP contribution in [0.4, 0.5) is 5.69 Å². The van der Waals surface area contributed by atoms with Crippen LogP contribution in [0.15, 0.2) is 11.4 Å². The van der Waals surface area contributed by atoms with Crippen LogP contribution < -0.4 is 5.73 Å². The average Bonchev–Trinajstić information content (AvgIpc) is 1.95. The number of nitrogens with zero attached hydrogens (tertiary/aromatic N) is 2. The van der Waals surface area contributed by atoms with Crippen LogP contribution in [0, 0.1) is 0 Å². The van der Waals surface area contributed by atoms with Gasteiger partial charge in [-0.25, -0.2) is 9.97 Å². The van der Waals surface area contributed by atoms with Gasteiger partial charge in [0.15, 0.2) is 10.3 Å². The number of anilines is 1. The molecule has 0 atom stereocenters. The Morgan fingerprint density at radius 2 is 2.40 bits per heavy atom. The summed E-state index contributed by atoms with van der Waals surface area (Å²) < 4.78 is 0. The zero-order chi connectivity index (χ0) is 7.56. The number of nitrogens with two attached hydrogens (primary N) is 1. The lowest BCUT2D eigenvalue weighted by Gasteiger charge is -1.96. The summed E-state index contributed by atoms with van der Waals surface area (Å²) in [4.78, 5) is 7.78. The van der Waals surface area contributed by atoms with Crippen LogP contribution in [0.25, 0.3) is 0 Å². The Kier molecular flexibility index (Phi) is 2.34. The quantitative estimate of drug-likeness (QED) is 0.399. The molecule has 0 saturated heterocycles. The van der Waals surface area contributed by atoms with E-state index in [1.165, 1.54) is 18.0 Å². The Balaban J connectivity index is 3.04. The first-order chi connectivity index (χ1) is 4.74. The number of thioether (sulfide) groups is 1. The van der Waals surface area contributed by atoms with Gasteiger partial charge < -0.3 is 5.73 Å². The molecule has 1 aromatic rings. The van der Waals surface area contributed by atoms with Gasteiger partial charge in [-0.15, -0.1) is 0 Å². The van der Waals surface area contributed by atoms with Crippen LogP contribution in [0.2, 0.25) is 5.15 Å². The minimum absolute atomic E-state index is 0.319. The first-order valence-corrected chi connectivity index (χ1v) is 4.16. The van der Waals surface area contributed by atoms with Gasteiger partial charge in [0.2, 0.25) is 0 Å². The highest BCUT2D eigenvalue weighted by Gasteiger charge is 1.98. The molecule has 1 aromatic heterocycles. The summed E-state index contributed by atoms with van der Waals surface area (Å²) in [6.07, 6.45) is 3.38. The minimum Gasteiger partial charge on any atom is -0.395 e. The third kappa shape index (κ3) is 1.52. The highest BCUT2D eigenvalue weighted by atomic mass is 35.5. The van der Waals surface area contributed by atoms with E-state index in [9.17, 15) is 0 Å². The zero-order valence-corrected chi connectivity index (χ0v) is 6.91. The minimum atomic E-state index is 0.319. The Morgan fingerprint density at radius 1 is 1.70 bits per heavy atom. The molecule has 0 unspecified atom stereocenters. The molecule has 10 heavy (non-hydrogen) atoms. The molecular weight excluding hydrogens is 170 g/mol. The number of nitrogen functional groups attached to an aromatic ring is 1. The van der Waals surface area contributed by atoms with E-state index in [1.54, 1.807) is 0 Å². The normalized spacial score (nSPS) is 9.80. The molecule has 3 nitrogen and oxygen atoms in total. The second kappa shape index (κ2) is 3.07. The summed E-state index contributed by atoms with van der Waals surface area (Å²) in [6, 6.07) is 0. The summed E-state index contributed by atoms with van der Waals surface area (Å²) in [5.74, 6) is 0. The van der Waals surface area contributed by atoms with Gasteiger partial charge in [-0.1, -0.05) is 23.4 Å². The Bertz CT molecular complexity index is 240. The number of hydrogen-bond donors (Lipinski definition) is 1. The maximum Gasteiger partial charge on any atom is 0.188 e. The SMILES string of the molecule is CSc1ncc(N)c(Cl)n1. The molecule has 0 aromatic carbocycles. The van der Waals surface area contributed by atoms with Crippen molar-refractivity contribution in [3.05, 3.63) is 11.3 Å². The van der Waals surface area contributed by atoms with Crippen LogP contribution in [-0.4, -0.2) is 16.2 Å². The Morgan fingerprint density at radius 3 is 2.90 bits per heavy atom. The molecule has 0 spiro atoms. The van der Waals surface area contributed by atoms with E-state index in [1.807, 2.05) is 6.26 Å². The molecule has 2 N–H and O–H groups in total. The van der Waals surface area contributed by atoms with E-state index in [4.69, 9.17) is 17.3 Å². The van der Waals surface area contributed by atoms with Crippen LogP contribution in [0.1, 0.15) is 0 Å². The van der Waals surface area contributed by atoms with Crippen molar-refractivity contribution in [3.63, 3.8) is 0 Å². The summed E-state index contributed by atoms with van der Waals surface area (Å²) in [6.45, 7) is 0. The molecule has 0 radical (unpaired) electrons. The topological polar surface area (TPSA) is 51.8 Å². The van der Waals surface area contributed by atoms with Gasteiger partial charge in [-0.2, -0.15) is 0 Å². The van der Waals surface area contributed by atoms with E-state index < -0.39 is 0 Å². The molecule has 1 heterocycles. The second-order valence-corrected chi connectivity index (χ2v) is 2.73. The molecule has 0 aliphatic carbocycles. The number of halogens is 1. The first kappa shape index (κ1) is 7.63. The van der Waals surface area contributed by atoms with E-state index >= 15 is 0 Å². The average molecular weight is 176 g/mol. The van der Waals surface area contributed by atoms with Crippen molar-refractivity contribution < 1.29 is 0 Å². The standard InChI is InChI=1S/C5H6ClN3S/c1-10-5-8-2-3(7)4(6)9-5/h2H,7H2,1H3. The fraction of sp³-hybridized carbons (Fsp3) is 0.200. The second-order valence-electron chi connectivity index (χ2n) is 1.60. The van der Waals surface area contributed by atoms with Crippen molar-refractivity contribution >= 4 is 29.1 Å². The maximum atomic E-state index is 5.60. The summed E-state index contributed by atoms with van der Waals surface area (Å²) in [5, 5.41) is 0.957. The predicted octanol–water partition coefficient (Wildman–Crippen LogP) is 1.43. The van der Waals surface area contributed by atoms with Gasteiger partial charge in [-0.05, 0) is 6.26 Å². The largest absolute Gasteiger partial charge is 0.395 e. The highest BCUT2D eigenvalue weighted by molar-refractivity contribution is 7.98. The van der Waals surface area contributed by atoms with Crippen LogP contribution in [0.5, 0.6) is 0 Å². The van der Waals surface area contributed by atoms with E-state index in [0.717, 1.165) is 0 Å². The van der Waals surface area contributed by atoms with E-state index in [2.05, 4.69) is 9.97 Å². The van der Waals surface area contributed by atoms with E-state index in [0.29, 0.717) is 16.0 Å². The van der Waals surface area contributed by atoms with Crippen LogP contribution in [0.3, 0.4) is 0 Å². The molecule has 1 rings (SSSR count). The van der Waals surface area contributed by atoms with Gasteiger partial charge in [0.05, 0.1) is 11.9 Å². The van der Waals surface area contributed by atoms with Crippen LogP contribution >= 0.6 is 23.4 Å². The molecular formula is C5H6ClN3S. The van der Waals surface area contributed by atoms with Gasteiger partial charge in [0.25, 0.3) is 0 Å². The molecule has 0 amide bonds. The first-order valence-electron chi connectivity index (χ1n) is 2.56. The van der Waals surface area contributed by atoms with Crippen LogP contribution in [-0.2, 0) is 0 Å². The smallest absolute Gasteiger partial charge is 0.188 e. The fourth-order valence-corrected chi connectivity index (χ4v) is 0.973. The van der Waals surface area contributed by atoms with Crippen molar-refractivity contribution in [3.8, 4) is 0 Å². The molecule has 54 valence electrons. The lowest BCUT2D eigenvalue weighted by atomic mass is 10.6. The van der Waals surface area contributed by atoms with Gasteiger partial charge in [0, 0.05) is 0 Å². The predicted molar refractivity (Wildman–Crippen MR) is 43.2 cm³/mol. The molecule has 0 aliphatic rings. The van der Waals surface area contributed by atoms with Crippen molar-refractivity contribution in [1.29, 1.82) is 0 Å². The van der Waals surface area contributed by atoms with Crippen molar-refractivity contribution in [2.75, 3.05) is 12.0 Å². The Hall–Kier alpha value is -0.480. The molecule has 5 heteroatoms. The molecule has 0 aliphatic heterocycles. The maximum absolute atomic E-state index is 5.60. The van der Waals surface area contributed by atoms with Crippen molar-refractivity contribution in [2.24, 2.45) is 0 Å². The highest BCUT2D eigenvalue weighted by Crippen LogP contribution is 2.17. The lowest BCUT2D eigenvalue weighted by Crippen LogP contribution is -1.92.